The third-order valence-electron chi connectivity index (χ3n) is 4.00. The van der Waals surface area contributed by atoms with Gasteiger partial charge in [0.25, 0.3) is 11.6 Å². The first-order valence-electron chi connectivity index (χ1n) is 8.59. The van der Waals surface area contributed by atoms with E-state index in [0.29, 0.717) is 15.8 Å². The number of hydrogen-bond donors (Lipinski definition) is 0. The van der Waals surface area contributed by atoms with Crippen LogP contribution in [0.15, 0.2) is 52.4 Å². The second-order valence-electron chi connectivity index (χ2n) is 5.83. The molecule has 29 heavy (non-hydrogen) atoms. The smallest absolute Gasteiger partial charge is 0.325 e. The number of nitro benzene ring substituents is 1. The number of ether oxygens (including phenoxy) is 1. The van der Waals surface area contributed by atoms with Crippen molar-refractivity contribution in [3.05, 3.63) is 62.9 Å². The quantitative estimate of drug-likeness (QED) is 0.255. The molecule has 0 radical (unpaired) electrons. The van der Waals surface area contributed by atoms with Crippen molar-refractivity contribution in [2.24, 2.45) is 4.99 Å². The molecule has 150 valence electrons. The van der Waals surface area contributed by atoms with Gasteiger partial charge in [-0.25, -0.2) is 0 Å². The van der Waals surface area contributed by atoms with Crippen LogP contribution in [0.2, 0.25) is 0 Å². The fraction of sp³-hybridized carbons (Fsp3) is 0.211. The molecule has 0 spiro atoms. The fourth-order valence-electron chi connectivity index (χ4n) is 2.61. The summed E-state index contributed by atoms with van der Waals surface area (Å²) in [4.78, 5) is 40.6. The number of non-ortho nitro benzene ring substituents is 1. The number of fused-ring (bicyclic) bond motifs is 1. The number of carbonyl (C=O) groups excluding carboxylic acids is 2. The van der Waals surface area contributed by atoms with Crippen LogP contribution in [0.3, 0.4) is 0 Å². The first-order valence-corrected chi connectivity index (χ1v) is 10.4. The summed E-state index contributed by atoms with van der Waals surface area (Å²) in [5.74, 6) is -0.0807. The minimum atomic E-state index is -0.550. The molecule has 0 fully saturated rings. The molecular formula is C19H17N3O5S2. The van der Waals surface area contributed by atoms with Crippen LogP contribution >= 0.6 is 23.1 Å². The number of nitro groups is 1. The number of thioether (sulfide) groups is 1. The topological polar surface area (TPSA) is 104 Å². The Labute approximate surface area is 174 Å². The number of esters is 1. The van der Waals surface area contributed by atoms with E-state index in [-0.39, 0.29) is 17.0 Å². The van der Waals surface area contributed by atoms with Gasteiger partial charge in [0.05, 0.1) is 22.2 Å². The van der Waals surface area contributed by atoms with Gasteiger partial charge in [0.15, 0.2) is 4.80 Å². The Bertz CT molecular complexity index is 1150. The number of rotatable bonds is 6. The van der Waals surface area contributed by atoms with Crippen LogP contribution in [0.4, 0.5) is 5.69 Å². The van der Waals surface area contributed by atoms with Gasteiger partial charge in [-0.1, -0.05) is 18.3 Å². The molecule has 3 rings (SSSR count). The standard InChI is InChI=1S/C19H17N3O5S2/c1-3-28-14-7-4-12(5-8-14)18(24)20-19-21(11-17(23)27-2)15-10-13(22(25)26)6-9-16(15)29-19/h4-10H,3,11H2,1-2H3. The second-order valence-corrected chi connectivity index (χ2v) is 8.18. The maximum absolute atomic E-state index is 12.6. The highest BCUT2D eigenvalue weighted by Gasteiger charge is 2.16. The molecule has 2 aromatic carbocycles. The van der Waals surface area contributed by atoms with Crippen LogP contribution in [0.5, 0.6) is 0 Å². The minimum absolute atomic E-state index is 0.115. The summed E-state index contributed by atoms with van der Waals surface area (Å²) < 4.78 is 6.84. The summed E-state index contributed by atoms with van der Waals surface area (Å²) >= 11 is 2.84. The zero-order valence-electron chi connectivity index (χ0n) is 15.7. The normalized spacial score (nSPS) is 11.6. The summed E-state index contributed by atoms with van der Waals surface area (Å²) in [5, 5.41) is 11.1. The van der Waals surface area contributed by atoms with Gasteiger partial charge in [0.1, 0.15) is 6.54 Å². The van der Waals surface area contributed by atoms with Gasteiger partial charge >= 0.3 is 5.97 Å². The SMILES string of the molecule is CCSc1ccc(C(=O)N=c2sc3ccc([N+](=O)[O-])cc3n2CC(=O)OC)cc1. The average molecular weight is 431 g/mol. The van der Waals surface area contributed by atoms with E-state index in [1.54, 1.807) is 30.0 Å². The van der Waals surface area contributed by atoms with E-state index in [1.165, 1.54) is 35.1 Å². The Morgan fingerprint density at radius 3 is 2.59 bits per heavy atom. The monoisotopic (exact) mass is 431 g/mol. The lowest BCUT2D eigenvalue weighted by Crippen LogP contribution is -2.22. The Hall–Kier alpha value is -2.98. The zero-order chi connectivity index (χ0) is 21.0. The summed E-state index contributed by atoms with van der Waals surface area (Å²) in [6.45, 7) is 1.83. The van der Waals surface area contributed by atoms with E-state index in [0.717, 1.165) is 10.6 Å². The molecule has 0 bridgehead atoms. The lowest BCUT2D eigenvalue weighted by Gasteiger charge is -2.04. The van der Waals surface area contributed by atoms with Crippen molar-refractivity contribution in [1.29, 1.82) is 0 Å². The van der Waals surface area contributed by atoms with Crippen molar-refractivity contribution in [2.45, 2.75) is 18.4 Å². The van der Waals surface area contributed by atoms with E-state index in [1.807, 2.05) is 19.1 Å². The molecule has 8 nitrogen and oxygen atoms in total. The van der Waals surface area contributed by atoms with Crippen LogP contribution in [-0.2, 0) is 16.1 Å². The van der Waals surface area contributed by atoms with Crippen LogP contribution in [-0.4, -0.2) is 34.2 Å². The first-order chi connectivity index (χ1) is 13.9. The third kappa shape index (κ3) is 4.72. The molecular weight excluding hydrogens is 414 g/mol. The second kappa shape index (κ2) is 9.01. The zero-order valence-corrected chi connectivity index (χ0v) is 17.3. The molecule has 0 aliphatic carbocycles. The number of hydrogen-bond acceptors (Lipinski definition) is 7. The summed E-state index contributed by atoms with van der Waals surface area (Å²) in [7, 11) is 1.25. The Kier molecular flexibility index (Phi) is 6.45. The summed E-state index contributed by atoms with van der Waals surface area (Å²) in [5.41, 5.74) is 0.741. The molecule has 0 aliphatic heterocycles. The maximum Gasteiger partial charge on any atom is 0.325 e. The molecule has 3 aromatic rings. The number of amides is 1. The molecule has 1 amide bonds. The molecule has 0 atom stereocenters. The minimum Gasteiger partial charge on any atom is -0.468 e. The number of methoxy groups -OCH3 is 1. The summed E-state index contributed by atoms with van der Waals surface area (Å²) in [6.07, 6.45) is 0. The summed E-state index contributed by atoms with van der Waals surface area (Å²) in [6, 6.07) is 11.4. The first kappa shape index (κ1) is 20.7. The van der Waals surface area contributed by atoms with E-state index in [9.17, 15) is 19.7 Å². The number of aromatic nitrogens is 1. The van der Waals surface area contributed by atoms with Crippen molar-refractivity contribution in [3.63, 3.8) is 0 Å². The predicted molar refractivity (Wildman–Crippen MR) is 111 cm³/mol. The van der Waals surface area contributed by atoms with Gasteiger partial charge in [0.2, 0.25) is 0 Å². The van der Waals surface area contributed by atoms with Gasteiger partial charge in [-0.2, -0.15) is 4.99 Å². The van der Waals surface area contributed by atoms with Gasteiger partial charge in [-0.15, -0.1) is 11.8 Å². The Balaban J connectivity index is 2.08. The van der Waals surface area contributed by atoms with E-state index in [4.69, 9.17) is 4.74 Å². The fourth-order valence-corrected chi connectivity index (χ4v) is 4.28. The molecule has 1 aromatic heterocycles. The molecule has 0 saturated heterocycles. The van der Waals surface area contributed by atoms with Crippen LogP contribution in [0, 0.1) is 10.1 Å². The van der Waals surface area contributed by atoms with E-state index >= 15 is 0 Å². The van der Waals surface area contributed by atoms with Crippen molar-refractivity contribution in [1.82, 2.24) is 4.57 Å². The van der Waals surface area contributed by atoms with Gasteiger partial charge in [0, 0.05) is 22.6 Å². The highest BCUT2D eigenvalue weighted by Crippen LogP contribution is 2.23. The average Bonchev–Trinajstić information content (AvgIpc) is 3.04. The number of thiazole rings is 1. The van der Waals surface area contributed by atoms with E-state index in [2.05, 4.69) is 4.99 Å². The number of nitrogens with zero attached hydrogens (tertiary/aromatic N) is 3. The highest BCUT2D eigenvalue weighted by atomic mass is 32.2. The Morgan fingerprint density at radius 2 is 1.97 bits per heavy atom. The molecule has 10 heteroatoms. The lowest BCUT2D eigenvalue weighted by atomic mass is 10.2. The highest BCUT2D eigenvalue weighted by molar-refractivity contribution is 7.99. The van der Waals surface area contributed by atoms with Gasteiger partial charge < -0.3 is 9.30 Å². The van der Waals surface area contributed by atoms with Crippen LogP contribution in [0.1, 0.15) is 17.3 Å². The van der Waals surface area contributed by atoms with E-state index < -0.39 is 16.8 Å². The molecule has 1 heterocycles. The van der Waals surface area contributed by atoms with Crippen molar-refractivity contribution in [2.75, 3.05) is 12.9 Å². The maximum atomic E-state index is 12.6. The molecule has 0 unspecified atom stereocenters. The molecule has 0 saturated carbocycles. The Morgan fingerprint density at radius 1 is 1.24 bits per heavy atom. The molecule has 0 N–H and O–H groups in total. The third-order valence-corrected chi connectivity index (χ3v) is 5.95. The van der Waals surface area contributed by atoms with Crippen LogP contribution < -0.4 is 4.80 Å². The number of benzene rings is 2. The van der Waals surface area contributed by atoms with Gasteiger partial charge in [-0.3, -0.25) is 19.7 Å². The largest absolute Gasteiger partial charge is 0.468 e. The van der Waals surface area contributed by atoms with Crippen LogP contribution in [0.25, 0.3) is 10.2 Å². The van der Waals surface area contributed by atoms with Crippen molar-refractivity contribution >= 4 is 50.9 Å². The van der Waals surface area contributed by atoms with Crippen molar-refractivity contribution < 1.29 is 19.2 Å². The lowest BCUT2D eigenvalue weighted by molar-refractivity contribution is -0.384. The van der Waals surface area contributed by atoms with Crippen molar-refractivity contribution in [3.8, 4) is 0 Å². The number of carbonyl (C=O) groups is 2. The van der Waals surface area contributed by atoms with Gasteiger partial charge in [-0.05, 0) is 36.1 Å². The predicted octanol–water partition coefficient (Wildman–Crippen LogP) is 3.64. The molecule has 0 aliphatic rings.